The molecule has 19 heavy (non-hydrogen) atoms. The zero-order chi connectivity index (χ0) is 14.6. The van der Waals surface area contributed by atoms with Crippen molar-refractivity contribution in [3.8, 4) is 0 Å². The highest BCUT2D eigenvalue weighted by atomic mass is 32.2. The first-order chi connectivity index (χ1) is 8.81. The molecule has 0 aliphatic rings. The van der Waals surface area contributed by atoms with Crippen LogP contribution in [0, 0.1) is 0 Å². The van der Waals surface area contributed by atoms with Crippen molar-refractivity contribution >= 4 is 21.7 Å². The molecule has 0 saturated heterocycles. The van der Waals surface area contributed by atoms with Crippen molar-refractivity contribution in [2.24, 2.45) is 0 Å². The SMILES string of the molecule is CC[C@H](C)NS(=O)(=O)c1ccc(NC)c(C(=O)O)c1. The third kappa shape index (κ3) is 3.68. The van der Waals surface area contributed by atoms with E-state index in [0.717, 1.165) is 6.07 Å². The van der Waals surface area contributed by atoms with Crippen molar-refractivity contribution in [3.63, 3.8) is 0 Å². The molecular weight excluding hydrogens is 268 g/mol. The van der Waals surface area contributed by atoms with Crippen LogP contribution in [-0.4, -0.2) is 32.6 Å². The van der Waals surface area contributed by atoms with E-state index in [1.165, 1.54) is 12.1 Å². The molecule has 1 aromatic carbocycles. The van der Waals surface area contributed by atoms with Crippen molar-refractivity contribution in [1.29, 1.82) is 0 Å². The summed E-state index contributed by atoms with van der Waals surface area (Å²) in [5.74, 6) is -1.18. The summed E-state index contributed by atoms with van der Waals surface area (Å²) < 4.78 is 26.6. The van der Waals surface area contributed by atoms with Crippen LogP contribution in [0.5, 0.6) is 0 Å². The fourth-order valence-electron chi connectivity index (χ4n) is 1.50. The Bertz CT molecular complexity index is 569. The number of anilines is 1. The minimum Gasteiger partial charge on any atom is -0.478 e. The fourth-order valence-corrected chi connectivity index (χ4v) is 2.85. The number of carboxylic acid groups (broad SMARTS) is 1. The number of hydrogen-bond acceptors (Lipinski definition) is 4. The van der Waals surface area contributed by atoms with Gasteiger partial charge in [0.05, 0.1) is 10.5 Å². The van der Waals surface area contributed by atoms with Crippen molar-refractivity contribution in [3.05, 3.63) is 23.8 Å². The molecular formula is C12H18N2O4S. The summed E-state index contributed by atoms with van der Waals surface area (Å²) in [5.41, 5.74) is 0.296. The normalized spacial score (nSPS) is 13.0. The van der Waals surface area contributed by atoms with Gasteiger partial charge in [-0.15, -0.1) is 0 Å². The molecule has 0 spiro atoms. The minimum atomic E-state index is -3.69. The molecule has 1 rings (SSSR count). The molecule has 0 heterocycles. The summed E-state index contributed by atoms with van der Waals surface area (Å²) >= 11 is 0. The number of carboxylic acids is 1. The monoisotopic (exact) mass is 286 g/mol. The molecule has 1 atom stereocenters. The summed E-state index contributed by atoms with van der Waals surface area (Å²) in [6.07, 6.45) is 0.652. The van der Waals surface area contributed by atoms with Gasteiger partial charge in [0.25, 0.3) is 0 Å². The highest BCUT2D eigenvalue weighted by Gasteiger charge is 2.19. The van der Waals surface area contributed by atoms with Gasteiger partial charge in [0, 0.05) is 18.8 Å². The topological polar surface area (TPSA) is 95.5 Å². The maximum Gasteiger partial charge on any atom is 0.337 e. The third-order valence-corrected chi connectivity index (χ3v) is 4.36. The highest BCUT2D eigenvalue weighted by molar-refractivity contribution is 7.89. The quantitative estimate of drug-likeness (QED) is 0.736. The van der Waals surface area contributed by atoms with Gasteiger partial charge in [0.1, 0.15) is 0 Å². The molecule has 106 valence electrons. The number of rotatable bonds is 6. The predicted molar refractivity (Wildman–Crippen MR) is 73.0 cm³/mol. The highest BCUT2D eigenvalue weighted by Crippen LogP contribution is 2.20. The van der Waals surface area contributed by atoms with Crippen molar-refractivity contribution in [2.45, 2.75) is 31.2 Å². The van der Waals surface area contributed by atoms with Crippen molar-refractivity contribution in [2.75, 3.05) is 12.4 Å². The molecule has 0 aromatic heterocycles. The Hall–Kier alpha value is -1.60. The van der Waals surface area contributed by atoms with Crippen molar-refractivity contribution < 1.29 is 18.3 Å². The number of nitrogens with one attached hydrogen (secondary N) is 2. The molecule has 0 bridgehead atoms. The third-order valence-electron chi connectivity index (χ3n) is 2.77. The fraction of sp³-hybridized carbons (Fsp3) is 0.417. The second-order valence-corrected chi connectivity index (χ2v) is 5.91. The van der Waals surface area contributed by atoms with E-state index in [2.05, 4.69) is 10.0 Å². The maximum atomic E-state index is 12.1. The molecule has 3 N–H and O–H groups in total. The van der Waals surface area contributed by atoms with E-state index in [1.807, 2.05) is 6.92 Å². The van der Waals surface area contributed by atoms with E-state index in [0.29, 0.717) is 12.1 Å². The lowest BCUT2D eigenvalue weighted by Gasteiger charge is -2.13. The molecule has 7 heteroatoms. The van der Waals surface area contributed by atoms with Gasteiger partial charge in [-0.25, -0.2) is 17.9 Å². The van der Waals surface area contributed by atoms with E-state index >= 15 is 0 Å². The number of aromatic carboxylic acids is 1. The lowest BCUT2D eigenvalue weighted by atomic mass is 10.2. The minimum absolute atomic E-state index is 0.0517. The van der Waals surface area contributed by atoms with Gasteiger partial charge in [0.2, 0.25) is 10.0 Å². The van der Waals surface area contributed by atoms with E-state index < -0.39 is 16.0 Å². The molecule has 6 nitrogen and oxygen atoms in total. The van der Waals surface area contributed by atoms with Crippen molar-refractivity contribution in [1.82, 2.24) is 4.72 Å². The number of hydrogen-bond donors (Lipinski definition) is 3. The average molecular weight is 286 g/mol. The van der Waals surface area contributed by atoms with Crippen LogP contribution >= 0.6 is 0 Å². The molecule has 0 saturated carbocycles. The second-order valence-electron chi connectivity index (χ2n) is 4.19. The summed E-state index contributed by atoms with van der Waals surface area (Å²) in [5, 5.41) is 11.8. The molecule has 0 fully saturated rings. The van der Waals surface area contributed by atoms with Crippen LogP contribution in [0.4, 0.5) is 5.69 Å². The maximum absolute atomic E-state index is 12.1. The van der Waals surface area contributed by atoms with Gasteiger partial charge < -0.3 is 10.4 Å². The summed E-state index contributed by atoms with van der Waals surface area (Å²) in [6, 6.07) is 3.76. The van der Waals surface area contributed by atoms with E-state index in [-0.39, 0.29) is 16.5 Å². The molecule has 0 radical (unpaired) electrons. The van der Waals surface area contributed by atoms with Gasteiger partial charge >= 0.3 is 5.97 Å². The predicted octanol–water partition coefficient (Wildman–Crippen LogP) is 1.50. The lowest BCUT2D eigenvalue weighted by Crippen LogP contribution is -2.32. The first kappa shape index (κ1) is 15.5. The Morgan fingerprint density at radius 1 is 1.42 bits per heavy atom. The van der Waals surface area contributed by atoms with Gasteiger partial charge in [-0.1, -0.05) is 6.92 Å². The molecule has 0 amide bonds. The molecule has 0 unspecified atom stereocenters. The Balaban J connectivity index is 3.22. The summed E-state index contributed by atoms with van der Waals surface area (Å²) in [7, 11) is -2.12. The largest absolute Gasteiger partial charge is 0.478 e. The zero-order valence-corrected chi connectivity index (χ0v) is 11.9. The van der Waals surface area contributed by atoms with E-state index in [4.69, 9.17) is 5.11 Å². The lowest BCUT2D eigenvalue weighted by molar-refractivity contribution is 0.0697. The Morgan fingerprint density at radius 3 is 2.53 bits per heavy atom. The molecule has 1 aromatic rings. The zero-order valence-electron chi connectivity index (χ0n) is 11.1. The Labute approximate surface area is 112 Å². The Kier molecular flexibility index (Phi) is 4.90. The number of carbonyl (C=O) groups is 1. The average Bonchev–Trinajstić information content (AvgIpc) is 2.37. The smallest absolute Gasteiger partial charge is 0.337 e. The van der Waals surface area contributed by atoms with Crippen LogP contribution in [0.2, 0.25) is 0 Å². The van der Waals surface area contributed by atoms with Gasteiger partial charge in [-0.05, 0) is 31.5 Å². The van der Waals surface area contributed by atoms with Crippen LogP contribution in [-0.2, 0) is 10.0 Å². The van der Waals surface area contributed by atoms with Crippen LogP contribution < -0.4 is 10.0 Å². The van der Waals surface area contributed by atoms with Gasteiger partial charge in [-0.2, -0.15) is 0 Å². The molecule has 0 aliphatic carbocycles. The van der Waals surface area contributed by atoms with E-state index in [9.17, 15) is 13.2 Å². The van der Waals surface area contributed by atoms with Gasteiger partial charge in [0.15, 0.2) is 0 Å². The first-order valence-corrected chi connectivity index (χ1v) is 7.37. The Morgan fingerprint density at radius 2 is 2.05 bits per heavy atom. The second kappa shape index (κ2) is 6.03. The first-order valence-electron chi connectivity index (χ1n) is 5.89. The number of sulfonamides is 1. The van der Waals surface area contributed by atoms with E-state index in [1.54, 1.807) is 14.0 Å². The van der Waals surface area contributed by atoms with Crippen LogP contribution in [0.15, 0.2) is 23.1 Å². The van der Waals surface area contributed by atoms with Gasteiger partial charge in [-0.3, -0.25) is 0 Å². The van der Waals surface area contributed by atoms with Crippen LogP contribution in [0.3, 0.4) is 0 Å². The summed E-state index contributed by atoms with van der Waals surface area (Å²) in [4.78, 5) is 11.0. The van der Waals surface area contributed by atoms with Crippen LogP contribution in [0.1, 0.15) is 30.6 Å². The van der Waals surface area contributed by atoms with Crippen LogP contribution in [0.25, 0.3) is 0 Å². The standard InChI is InChI=1S/C12H18N2O4S/c1-4-8(2)14-19(17,18)9-5-6-11(13-3)10(7-9)12(15)16/h5-8,13-14H,4H2,1-3H3,(H,15,16)/t8-/m0/s1. The molecule has 0 aliphatic heterocycles. The number of benzene rings is 1. The summed E-state index contributed by atoms with van der Waals surface area (Å²) in [6.45, 7) is 3.61.